The van der Waals surface area contributed by atoms with E-state index in [0.717, 1.165) is 28.6 Å². The fourth-order valence-corrected chi connectivity index (χ4v) is 2.26. The fraction of sp³-hybridized carbons (Fsp3) is 0.267. The van der Waals surface area contributed by atoms with Crippen LogP contribution in [0.4, 0.5) is 4.39 Å². The molecule has 0 amide bonds. The Kier molecular flexibility index (Phi) is 4.32. The van der Waals surface area contributed by atoms with Gasteiger partial charge in [-0.1, -0.05) is 12.1 Å². The molecule has 0 aliphatic heterocycles. The van der Waals surface area contributed by atoms with E-state index in [4.69, 9.17) is 10.6 Å². The van der Waals surface area contributed by atoms with Crippen molar-refractivity contribution in [2.75, 3.05) is 7.11 Å². The van der Waals surface area contributed by atoms with Gasteiger partial charge in [0.15, 0.2) is 0 Å². The van der Waals surface area contributed by atoms with Crippen LogP contribution in [0.3, 0.4) is 0 Å². The highest BCUT2D eigenvalue weighted by Crippen LogP contribution is 2.33. The number of nitrogens with zero attached hydrogens (tertiary/aromatic N) is 1. The second-order valence-corrected chi connectivity index (χ2v) is 4.67. The number of aromatic nitrogens is 1. The number of ether oxygens (including phenoxy) is 1. The van der Waals surface area contributed by atoms with Crippen LogP contribution >= 0.6 is 0 Å². The lowest BCUT2D eigenvalue weighted by Crippen LogP contribution is -2.29. The number of hydrogen-bond donors (Lipinski definition) is 2. The first-order valence-electron chi connectivity index (χ1n) is 6.29. The van der Waals surface area contributed by atoms with Gasteiger partial charge in [-0.15, -0.1) is 0 Å². The molecule has 1 atom stereocenters. The van der Waals surface area contributed by atoms with E-state index < -0.39 is 5.82 Å². The summed E-state index contributed by atoms with van der Waals surface area (Å²) in [5.74, 6) is 5.99. The van der Waals surface area contributed by atoms with E-state index in [-0.39, 0.29) is 6.04 Å². The van der Waals surface area contributed by atoms with Crippen LogP contribution in [0.2, 0.25) is 0 Å². The average molecular weight is 275 g/mol. The molecule has 0 saturated carbocycles. The molecule has 0 saturated heterocycles. The molecule has 106 valence electrons. The number of aryl methyl sites for hydroxylation is 1. The summed E-state index contributed by atoms with van der Waals surface area (Å²) in [5, 5.41) is 0. The Hall–Kier alpha value is -1.98. The normalized spacial score (nSPS) is 12.2. The third kappa shape index (κ3) is 2.64. The lowest BCUT2D eigenvalue weighted by Gasteiger charge is -2.21. The number of benzene rings is 1. The second kappa shape index (κ2) is 5.98. The summed E-state index contributed by atoms with van der Waals surface area (Å²) in [6, 6.07) is 4.94. The third-order valence-corrected chi connectivity index (χ3v) is 3.45. The van der Waals surface area contributed by atoms with Crippen LogP contribution in [0.1, 0.15) is 28.3 Å². The van der Waals surface area contributed by atoms with E-state index in [2.05, 4.69) is 10.4 Å². The predicted octanol–water partition coefficient (Wildman–Crippen LogP) is 2.40. The van der Waals surface area contributed by atoms with Gasteiger partial charge in [0.1, 0.15) is 11.6 Å². The molecule has 0 aliphatic carbocycles. The summed E-state index contributed by atoms with van der Waals surface area (Å²) in [6.45, 7) is 3.99. The molecule has 2 aromatic rings. The van der Waals surface area contributed by atoms with Gasteiger partial charge < -0.3 is 4.74 Å². The zero-order valence-electron chi connectivity index (χ0n) is 11.8. The van der Waals surface area contributed by atoms with Gasteiger partial charge in [0.25, 0.3) is 0 Å². The quantitative estimate of drug-likeness (QED) is 0.664. The van der Waals surface area contributed by atoms with E-state index in [1.807, 2.05) is 26.0 Å². The number of pyridine rings is 1. The highest BCUT2D eigenvalue weighted by Gasteiger charge is 2.19. The standard InChI is InChI=1S/C15H18FN3O/c1-9-4-5-13(15(20-3)10(9)2)14(19-17)11-6-12(16)8-18-7-11/h4-8,14,19H,17H2,1-3H3. The maximum Gasteiger partial charge on any atom is 0.141 e. The van der Waals surface area contributed by atoms with Gasteiger partial charge in [0.05, 0.1) is 19.3 Å². The van der Waals surface area contributed by atoms with Crippen LogP contribution in [0.25, 0.3) is 0 Å². The van der Waals surface area contributed by atoms with Crippen LogP contribution in [0, 0.1) is 19.7 Å². The van der Waals surface area contributed by atoms with Crippen molar-refractivity contribution in [3.05, 3.63) is 58.7 Å². The minimum Gasteiger partial charge on any atom is -0.496 e. The molecule has 20 heavy (non-hydrogen) atoms. The zero-order valence-corrected chi connectivity index (χ0v) is 11.8. The Labute approximate surface area is 117 Å². The lowest BCUT2D eigenvalue weighted by atomic mass is 9.95. The number of rotatable bonds is 4. The van der Waals surface area contributed by atoms with Crippen molar-refractivity contribution in [1.29, 1.82) is 0 Å². The summed E-state index contributed by atoms with van der Waals surface area (Å²) in [6.07, 6.45) is 2.75. The first-order chi connectivity index (χ1) is 9.58. The minimum atomic E-state index is -0.398. The van der Waals surface area contributed by atoms with E-state index in [0.29, 0.717) is 5.56 Å². The smallest absolute Gasteiger partial charge is 0.141 e. The van der Waals surface area contributed by atoms with Gasteiger partial charge in [-0.3, -0.25) is 10.8 Å². The number of nitrogens with one attached hydrogen (secondary N) is 1. The van der Waals surface area contributed by atoms with Crippen molar-refractivity contribution >= 4 is 0 Å². The maximum absolute atomic E-state index is 13.3. The fourth-order valence-electron chi connectivity index (χ4n) is 2.26. The van der Waals surface area contributed by atoms with Gasteiger partial charge in [0.2, 0.25) is 0 Å². The highest BCUT2D eigenvalue weighted by atomic mass is 19.1. The van der Waals surface area contributed by atoms with Gasteiger partial charge in [-0.25, -0.2) is 9.82 Å². The molecule has 4 nitrogen and oxygen atoms in total. The molecule has 0 fully saturated rings. The maximum atomic E-state index is 13.3. The molecule has 0 radical (unpaired) electrons. The molecule has 1 aromatic carbocycles. The number of nitrogens with two attached hydrogens (primary N) is 1. The summed E-state index contributed by atoms with van der Waals surface area (Å²) in [4.78, 5) is 3.86. The summed E-state index contributed by atoms with van der Waals surface area (Å²) < 4.78 is 18.8. The Balaban J connectivity index is 2.55. The summed E-state index contributed by atoms with van der Waals surface area (Å²) in [5.41, 5.74) is 6.36. The van der Waals surface area contributed by atoms with Crippen molar-refractivity contribution in [3.8, 4) is 5.75 Å². The molecular weight excluding hydrogens is 257 g/mol. The van der Waals surface area contributed by atoms with Crippen molar-refractivity contribution in [3.63, 3.8) is 0 Å². The number of hydrogen-bond acceptors (Lipinski definition) is 4. The molecule has 2 rings (SSSR count). The molecule has 3 N–H and O–H groups in total. The van der Waals surface area contributed by atoms with E-state index in [1.165, 1.54) is 6.07 Å². The molecule has 1 unspecified atom stereocenters. The number of hydrazine groups is 1. The van der Waals surface area contributed by atoms with Gasteiger partial charge in [-0.05, 0) is 36.6 Å². The number of halogens is 1. The van der Waals surface area contributed by atoms with E-state index in [9.17, 15) is 4.39 Å². The Morgan fingerprint density at radius 1 is 1.30 bits per heavy atom. The topological polar surface area (TPSA) is 60.2 Å². The van der Waals surface area contributed by atoms with Gasteiger partial charge >= 0.3 is 0 Å². The Morgan fingerprint density at radius 2 is 2.05 bits per heavy atom. The van der Waals surface area contributed by atoms with Crippen molar-refractivity contribution in [1.82, 2.24) is 10.4 Å². The minimum absolute atomic E-state index is 0.382. The van der Waals surface area contributed by atoms with Crippen molar-refractivity contribution < 1.29 is 9.13 Å². The van der Waals surface area contributed by atoms with Crippen LogP contribution < -0.4 is 16.0 Å². The van der Waals surface area contributed by atoms with Crippen LogP contribution in [0.5, 0.6) is 5.75 Å². The van der Waals surface area contributed by atoms with Crippen molar-refractivity contribution in [2.24, 2.45) is 5.84 Å². The summed E-state index contributed by atoms with van der Waals surface area (Å²) >= 11 is 0. The van der Waals surface area contributed by atoms with Crippen LogP contribution in [0.15, 0.2) is 30.6 Å². The van der Waals surface area contributed by atoms with Crippen molar-refractivity contribution in [2.45, 2.75) is 19.9 Å². The Bertz CT molecular complexity index is 616. The first-order valence-corrected chi connectivity index (χ1v) is 6.29. The SMILES string of the molecule is COc1c(C(NN)c2cncc(F)c2)ccc(C)c1C. The van der Waals surface area contributed by atoms with Gasteiger partial charge in [0, 0.05) is 11.8 Å². The highest BCUT2D eigenvalue weighted by molar-refractivity contribution is 5.49. The molecular formula is C15H18FN3O. The number of methoxy groups -OCH3 is 1. The third-order valence-electron chi connectivity index (χ3n) is 3.45. The van der Waals surface area contributed by atoms with Crippen LogP contribution in [-0.4, -0.2) is 12.1 Å². The molecule has 0 spiro atoms. The molecule has 0 aliphatic rings. The zero-order chi connectivity index (χ0) is 14.7. The monoisotopic (exact) mass is 275 g/mol. The van der Waals surface area contributed by atoms with Gasteiger partial charge in [-0.2, -0.15) is 0 Å². The Morgan fingerprint density at radius 3 is 2.65 bits per heavy atom. The molecule has 0 bridgehead atoms. The lowest BCUT2D eigenvalue weighted by molar-refractivity contribution is 0.400. The summed E-state index contributed by atoms with van der Waals surface area (Å²) in [7, 11) is 1.61. The molecule has 1 aromatic heterocycles. The second-order valence-electron chi connectivity index (χ2n) is 4.67. The van der Waals surface area contributed by atoms with E-state index >= 15 is 0 Å². The van der Waals surface area contributed by atoms with E-state index in [1.54, 1.807) is 13.3 Å². The van der Waals surface area contributed by atoms with Crippen LogP contribution in [-0.2, 0) is 0 Å². The molecule has 5 heteroatoms. The molecule has 1 heterocycles. The first kappa shape index (κ1) is 14.4. The largest absolute Gasteiger partial charge is 0.496 e. The predicted molar refractivity (Wildman–Crippen MR) is 75.8 cm³/mol. The average Bonchev–Trinajstić information content (AvgIpc) is 2.44.